The van der Waals surface area contributed by atoms with Crippen LogP contribution in [-0.2, 0) is 14.8 Å². The fraction of sp³-hybridized carbons (Fsp3) is 0.200. The number of nitrogens with one attached hydrogen (secondary N) is 1. The number of methoxy groups -OCH3 is 3. The maximum Gasteiger partial charge on any atom is 0.264 e. The Morgan fingerprint density at radius 2 is 1.61 bits per heavy atom. The van der Waals surface area contributed by atoms with Crippen molar-refractivity contribution in [2.75, 3.05) is 32.2 Å². The lowest BCUT2D eigenvalue weighted by Gasteiger charge is -2.24. The Bertz CT molecular complexity index is 1360. The minimum atomic E-state index is -4.17. The number of aryl methyl sites for hydroxylation is 1. The van der Waals surface area contributed by atoms with Gasteiger partial charge in [0, 0.05) is 6.07 Å². The molecule has 3 rings (SSSR count). The lowest BCUT2D eigenvalue weighted by molar-refractivity contribution is -0.119. The zero-order valence-corrected chi connectivity index (χ0v) is 21.1. The highest BCUT2D eigenvalue weighted by molar-refractivity contribution is 7.92. The van der Waals surface area contributed by atoms with Gasteiger partial charge in [-0.25, -0.2) is 13.8 Å². The lowest BCUT2D eigenvalue weighted by atomic mass is 10.2. The summed E-state index contributed by atoms with van der Waals surface area (Å²) in [6.45, 7) is 1.34. The van der Waals surface area contributed by atoms with Crippen molar-refractivity contribution in [1.82, 2.24) is 5.43 Å². The van der Waals surface area contributed by atoms with Crippen LogP contribution in [0, 0.1) is 6.92 Å². The standard InChI is InChI=1S/C25H27N3O7S/c1-17-5-8-19(9-6-17)28(36(31,32)20-10-12-22(33-2)24(14-20)35-4)16-25(30)27-26-15-18-7-11-21(29)23(13-18)34-3/h5-15,29H,16H2,1-4H3,(H,27,30)/b26-15-. The molecule has 0 unspecified atom stereocenters. The van der Waals surface area contributed by atoms with Crippen molar-refractivity contribution in [3.05, 3.63) is 71.8 Å². The van der Waals surface area contributed by atoms with E-state index in [-0.39, 0.29) is 22.1 Å². The van der Waals surface area contributed by atoms with Gasteiger partial charge in [-0.3, -0.25) is 9.10 Å². The fourth-order valence-electron chi connectivity index (χ4n) is 3.25. The largest absolute Gasteiger partial charge is 0.504 e. The molecule has 36 heavy (non-hydrogen) atoms. The van der Waals surface area contributed by atoms with Crippen molar-refractivity contribution >= 4 is 27.8 Å². The van der Waals surface area contributed by atoms with Crippen LogP contribution in [0.3, 0.4) is 0 Å². The van der Waals surface area contributed by atoms with Crippen LogP contribution in [0.25, 0.3) is 0 Å². The topological polar surface area (TPSA) is 127 Å². The molecule has 0 aliphatic rings. The van der Waals surface area contributed by atoms with E-state index in [1.54, 1.807) is 30.3 Å². The Labute approximate surface area is 209 Å². The van der Waals surface area contributed by atoms with E-state index < -0.39 is 22.5 Å². The molecule has 0 heterocycles. The molecule has 3 aromatic rings. The summed E-state index contributed by atoms with van der Waals surface area (Å²) in [5.41, 5.74) is 4.12. The molecule has 10 nitrogen and oxygen atoms in total. The first-order valence-corrected chi connectivity index (χ1v) is 12.1. The lowest BCUT2D eigenvalue weighted by Crippen LogP contribution is -2.39. The molecule has 0 spiro atoms. The highest BCUT2D eigenvalue weighted by Gasteiger charge is 2.28. The number of carbonyl (C=O) groups is 1. The van der Waals surface area contributed by atoms with Gasteiger partial charge in [0.05, 0.1) is 38.1 Å². The van der Waals surface area contributed by atoms with E-state index in [2.05, 4.69) is 10.5 Å². The number of carbonyl (C=O) groups excluding carboxylic acids is 1. The summed E-state index contributed by atoms with van der Waals surface area (Å²) in [5.74, 6) is 0.156. The maximum absolute atomic E-state index is 13.6. The molecule has 2 N–H and O–H groups in total. The van der Waals surface area contributed by atoms with Crippen LogP contribution in [0.1, 0.15) is 11.1 Å². The van der Waals surface area contributed by atoms with Gasteiger partial charge in [0.2, 0.25) is 0 Å². The smallest absolute Gasteiger partial charge is 0.264 e. The summed E-state index contributed by atoms with van der Waals surface area (Å²) >= 11 is 0. The molecule has 0 aromatic heterocycles. The second-order valence-corrected chi connectivity index (χ2v) is 9.45. The van der Waals surface area contributed by atoms with Gasteiger partial charge in [-0.2, -0.15) is 5.10 Å². The summed E-state index contributed by atoms with van der Waals surface area (Å²) in [5, 5.41) is 13.6. The first-order valence-electron chi connectivity index (χ1n) is 10.7. The van der Waals surface area contributed by atoms with E-state index in [4.69, 9.17) is 14.2 Å². The number of aromatic hydroxyl groups is 1. The number of amides is 1. The third-order valence-electron chi connectivity index (χ3n) is 5.16. The Balaban J connectivity index is 1.87. The van der Waals surface area contributed by atoms with E-state index in [1.165, 1.54) is 57.9 Å². The minimum absolute atomic E-state index is 0.0344. The van der Waals surface area contributed by atoms with Crippen molar-refractivity contribution in [3.8, 4) is 23.0 Å². The molecule has 0 bridgehead atoms. The summed E-state index contributed by atoms with van der Waals surface area (Å²) in [7, 11) is 0.0952. The quantitative estimate of drug-likeness (QED) is 0.315. The minimum Gasteiger partial charge on any atom is -0.504 e. The Kier molecular flexibility index (Phi) is 8.38. The second kappa shape index (κ2) is 11.5. The number of phenols is 1. The van der Waals surface area contributed by atoms with Crippen LogP contribution < -0.4 is 23.9 Å². The number of ether oxygens (including phenoxy) is 3. The van der Waals surface area contributed by atoms with Crippen LogP contribution in [0.5, 0.6) is 23.0 Å². The predicted molar refractivity (Wildman–Crippen MR) is 136 cm³/mol. The number of hydrazone groups is 1. The fourth-order valence-corrected chi connectivity index (χ4v) is 4.69. The molecule has 0 saturated carbocycles. The maximum atomic E-state index is 13.6. The average molecular weight is 514 g/mol. The third kappa shape index (κ3) is 6.05. The van der Waals surface area contributed by atoms with E-state index in [1.807, 2.05) is 6.92 Å². The molecule has 0 saturated heterocycles. The van der Waals surface area contributed by atoms with Gasteiger partial charge in [-0.1, -0.05) is 17.7 Å². The predicted octanol–water partition coefficient (Wildman–Crippen LogP) is 3.07. The zero-order chi connectivity index (χ0) is 26.3. The molecule has 11 heteroatoms. The van der Waals surface area contributed by atoms with Crippen LogP contribution in [-0.4, -0.2) is 53.5 Å². The van der Waals surface area contributed by atoms with E-state index in [9.17, 15) is 18.3 Å². The molecule has 0 atom stereocenters. The molecule has 0 fully saturated rings. The van der Waals surface area contributed by atoms with Gasteiger partial charge in [0.1, 0.15) is 6.54 Å². The van der Waals surface area contributed by atoms with Crippen LogP contribution >= 0.6 is 0 Å². The number of benzene rings is 3. The van der Waals surface area contributed by atoms with Crippen molar-refractivity contribution < 1.29 is 32.5 Å². The molecule has 0 aliphatic heterocycles. The molecule has 190 valence electrons. The van der Waals surface area contributed by atoms with E-state index in [0.717, 1.165) is 9.87 Å². The number of phenolic OH excluding ortho intramolecular Hbond substituents is 1. The average Bonchev–Trinajstić information content (AvgIpc) is 2.88. The van der Waals surface area contributed by atoms with Gasteiger partial charge in [0.25, 0.3) is 15.9 Å². The number of hydrogen-bond acceptors (Lipinski definition) is 8. The summed E-state index contributed by atoms with van der Waals surface area (Å²) in [6.07, 6.45) is 1.35. The molecular formula is C25H27N3O7S. The van der Waals surface area contributed by atoms with Crippen LogP contribution in [0.4, 0.5) is 5.69 Å². The van der Waals surface area contributed by atoms with Gasteiger partial charge >= 0.3 is 0 Å². The van der Waals surface area contributed by atoms with Gasteiger partial charge < -0.3 is 19.3 Å². The molecule has 1 amide bonds. The number of nitrogens with zero attached hydrogens (tertiary/aromatic N) is 2. The van der Waals surface area contributed by atoms with Gasteiger partial charge in [-0.05, 0) is 55.0 Å². The van der Waals surface area contributed by atoms with Crippen LogP contribution in [0.15, 0.2) is 70.7 Å². The Morgan fingerprint density at radius 1 is 0.944 bits per heavy atom. The number of rotatable bonds is 10. The summed E-state index contributed by atoms with van der Waals surface area (Å²) in [6, 6.07) is 15.5. The number of sulfonamides is 1. The first-order chi connectivity index (χ1) is 17.2. The van der Waals surface area contributed by atoms with Gasteiger partial charge in [-0.15, -0.1) is 0 Å². The highest BCUT2D eigenvalue weighted by Crippen LogP contribution is 2.32. The third-order valence-corrected chi connectivity index (χ3v) is 6.93. The first kappa shape index (κ1) is 26.4. The molecule has 0 aliphatic carbocycles. The molecule has 0 radical (unpaired) electrons. The van der Waals surface area contributed by atoms with E-state index >= 15 is 0 Å². The summed E-state index contributed by atoms with van der Waals surface area (Å²) in [4.78, 5) is 12.6. The zero-order valence-electron chi connectivity index (χ0n) is 20.3. The molecular weight excluding hydrogens is 486 g/mol. The second-order valence-electron chi connectivity index (χ2n) is 7.59. The van der Waals surface area contributed by atoms with Crippen LogP contribution in [0.2, 0.25) is 0 Å². The van der Waals surface area contributed by atoms with Crippen molar-refractivity contribution in [2.45, 2.75) is 11.8 Å². The number of hydrogen-bond donors (Lipinski definition) is 2. The normalized spacial score (nSPS) is 11.2. The van der Waals surface area contributed by atoms with Crippen molar-refractivity contribution in [2.24, 2.45) is 5.10 Å². The Hall–Kier alpha value is -4.25. The Morgan fingerprint density at radius 3 is 2.25 bits per heavy atom. The van der Waals surface area contributed by atoms with Crippen molar-refractivity contribution in [3.63, 3.8) is 0 Å². The van der Waals surface area contributed by atoms with Crippen molar-refractivity contribution in [1.29, 1.82) is 0 Å². The van der Waals surface area contributed by atoms with E-state index in [0.29, 0.717) is 17.0 Å². The molecule has 3 aromatic carbocycles. The SMILES string of the molecule is COc1cc(/C=N\NC(=O)CN(c2ccc(C)cc2)S(=O)(=O)c2ccc(OC)c(OC)c2)ccc1O. The number of anilines is 1. The summed E-state index contributed by atoms with van der Waals surface area (Å²) < 4.78 is 43.7. The monoisotopic (exact) mass is 513 g/mol. The highest BCUT2D eigenvalue weighted by atomic mass is 32.2. The van der Waals surface area contributed by atoms with Gasteiger partial charge in [0.15, 0.2) is 23.0 Å².